The minimum absolute atomic E-state index is 0. The molecule has 1 aromatic heterocycles. The van der Waals surface area contributed by atoms with Gasteiger partial charge in [-0.3, -0.25) is 4.79 Å². The Kier molecular flexibility index (Phi) is 8.31. The first kappa shape index (κ1) is 25.3. The average Bonchev–Trinajstić information content (AvgIpc) is 3.01. The lowest BCUT2D eigenvalue weighted by molar-refractivity contribution is -0.0102. The van der Waals surface area contributed by atoms with E-state index in [0.717, 1.165) is 11.1 Å². The zero-order chi connectivity index (χ0) is 24.7. The zero-order valence-electron chi connectivity index (χ0n) is 20.2. The minimum atomic E-state index is -2.70. The molecule has 1 N–H and O–H groups in total. The molecule has 7 heteroatoms. The van der Waals surface area contributed by atoms with Crippen molar-refractivity contribution >= 4 is 17.4 Å². The molecular formula is C27H34F2N4O. The average molecular weight is 469 g/mol. The quantitative estimate of drug-likeness (QED) is 0.452. The molecule has 4 rings (SSSR count). The summed E-state index contributed by atoms with van der Waals surface area (Å²) in [5.74, 6) is -2.68. The summed E-state index contributed by atoms with van der Waals surface area (Å²) in [6, 6.07) is 17.0. The number of nitrogens with zero attached hydrogens (tertiary/aromatic N) is 3. The molecule has 5 nitrogen and oxygen atoms in total. The molecule has 0 atom stereocenters. The van der Waals surface area contributed by atoms with Crippen LogP contribution in [0.25, 0.3) is 11.3 Å². The van der Waals surface area contributed by atoms with Crippen LogP contribution in [0.4, 0.5) is 20.3 Å². The van der Waals surface area contributed by atoms with E-state index in [1.807, 2.05) is 82.3 Å². The van der Waals surface area contributed by atoms with Crippen molar-refractivity contribution in [1.29, 1.82) is 0 Å². The standard InChI is InChI=1S/C25H26F2N4O.C2H6.H2/c1-17-8-6-11-20(16-17)28-24(32)21-18(2)22(19-9-4-3-5-10-19)29-30-23(21)31-14-7-12-25(26,27)13-15-31;1-2;/h3-6,8-11,16H,7,12-15H2,1-2H3,(H,28,32);1-2H3;1H. The normalized spacial score (nSPS) is 15.1. The number of rotatable bonds is 4. The first-order chi connectivity index (χ1) is 16.3. The topological polar surface area (TPSA) is 58.1 Å². The number of hydrogen-bond acceptors (Lipinski definition) is 4. The molecule has 34 heavy (non-hydrogen) atoms. The van der Waals surface area contributed by atoms with E-state index in [2.05, 4.69) is 15.5 Å². The predicted molar refractivity (Wildman–Crippen MR) is 136 cm³/mol. The van der Waals surface area contributed by atoms with Crippen LogP contribution in [0.3, 0.4) is 0 Å². The third-order valence-electron chi connectivity index (χ3n) is 5.77. The number of alkyl halides is 2. The molecule has 1 fully saturated rings. The minimum Gasteiger partial charge on any atom is -0.354 e. The lowest BCUT2D eigenvalue weighted by Gasteiger charge is -2.25. The summed E-state index contributed by atoms with van der Waals surface area (Å²) in [5, 5.41) is 11.7. The second-order valence-corrected chi connectivity index (χ2v) is 8.26. The third-order valence-corrected chi connectivity index (χ3v) is 5.77. The van der Waals surface area contributed by atoms with Gasteiger partial charge in [0.2, 0.25) is 5.92 Å². The lowest BCUT2D eigenvalue weighted by Crippen LogP contribution is -2.30. The predicted octanol–water partition coefficient (Wildman–Crippen LogP) is 6.91. The Labute approximate surface area is 201 Å². The fourth-order valence-electron chi connectivity index (χ4n) is 4.06. The Morgan fingerprint density at radius 3 is 2.44 bits per heavy atom. The van der Waals surface area contributed by atoms with E-state index in [9.17, 15) is 13.6 Å². The maximum absolute atomic E-state index is 14.0. The van der Waals surface area contributed by atoms with Crippen molar-refractivity contribution in [2.24, 2.45) is 0 Å². The maximum Gasteiger partial charge on any atom is 0.259 e. The molecule has 0 spiro atoms. The molecule has 1 saturated heterocycles. The highest BCUT2D eigenvalue weighted by Crippen LogP contribution is 2.33. The van der Waals surface area contributed by atoms with E-state index < -0.39 is 5.92 Å². The largest absolute Gasteiger partial charge is 0.354 e. The van der Waals surface area contributed by atoms with Crippen LogP contribution in [0.2, 0.25) is 0 Å². The van der Waals surface area contributed by atoms with Gasteiger partial charge in [0, 0.05) is 38.6 Å². The van der Waals surface area contributed by atoms with Gasteiger partial charge in [0.25, 0.3) is 5.91 Å². The van der Waals surface area contributed by atoms with Crippen LogP contribution in [0.5, 0.6) is 0 Å². The molecule has 2 heterocycles. The highest BCUT2D eigenvalue weighted by Gasteiger charge is 2.34. The second-order valence-electron chi connectivity index (χ2n) is 8.26. The number of carbonyl (C=O) groups is 1. The lowest BCUT2D eigenvalue weighted by atomic mass is 10.0. The van der Waals surface area contributed by atoms with Gasteiger partial charge >= 0.3 is 0 Å². The number of carbonyl (C=O) groups excluding carboxylic acids is 1. The number of halogens is 2. The fourth-order valence-corrected chi connectivity index (χ4v) is 4.06. The van der Waals surface area contributed by atoms with Crippen molar-refractivity contribution in [2.45, 2.75) is 52.9 Å². The molecule has 1 aliphatic rings. The van der Waals surface area contributed by atoms with E-state index in [1.54, 1.807) is 4.90 Å². The molecule has 1 amide bonds. The number of aromatic nitrogens is 2. The van der Waals surface area contributed by atoms with Crippen LogP contribution < -0.4 is 10.2 Å². The van der Waals surface area contributed by atoms with Crippen LogP contribution in [0.1, 0.15) is 56.0 Å². The number of benzene rings is 2. The fraction of sp³-hybridized carbons (Fsp3) is 0.370. The van der Waals surface area contributed by atoms with Gasteiger partial charge in [0.15, 0.2) is 5.82 Å². The van der Waals surface area contributed by atoms with Crippen LogP contribution in [-0.4, -0.2) is 35.1 Å². The van der Waals surface area contributed by atoms with Gasteiger partial charge in [-0.15, -0.1) is 10.2 Å². The molecule has 0 aliphatic carbocycles. The summed E-state index contributed by atoms with van der Waals surface area (Å²) >= 11 is 0. The third kappa shape index (κ3) is 5.95. The Balaban J connectivity index is 0.00000140. The van der Waals surface area contributed by atoms with Gasteiger partial charge in [-0.1, -0.05) is 56.3 Å². The SMILES string of the molecule is CC.Cc1cccc(NC(=O)c2c(N3CCCC(F)(F)CC3)nnc(-c3ccccc3)c2C)c1.[HH]. The summed E-state index contributed by atoms with van der Waals surface area (Å²) in [7, 11) is 0. The summed E-state index contributed by atoms with van der Waals surface area (Å²) in [6.07, 6.45) is -0.108. The maximum atomic E-state index is 14.0. The smallest absolute Gasteiger partial charge is 0.259 e. The van der Waals surface area contributed by atoms with Gasteiger partial charge < -0.3 is 10.2 Å². The zero-order valence-corrected chi connectivity index (χ0v) is 20.2. The summed E-state index contributed by atoms with van der Waals surface area (Å²) < 4.78 is 27.9. The van der Waals surface area contributed by atoms with Crippen molar-refractivity contribution in [3.05, 3.63) is 71.3 Å². The Morgan fingerprint density at radius 1 is 1.00 bits per heavy atom. The van der Waals surface area contributed by atoms with E-state index in [1.165, 1.54) is 0 Å². The van der Waals surface area contributed by atoms with Gasteiger partial charge in [0.05, 0.1) is 11.3 Å². The molecule has 0 saturated carbocycles. The summed E-state index contributed by atoms with van der Waals surface area (Å²) in [6.45, 7) is 8.30. The van der Waals surface area contributed by atoms with Gasteiger partial charge in [0.1, 0.15) is 0 Å². The Morgan fingerprint density at radius 2 is 1.74 bits per heavy atom. The highest BCUT2D eigenvalue weighted by atomic mass is 19.3. The van der Waals surface area contributed by atoms with Crippen LogP contribution in [0.15, 0.2) is 54.6 Å². The van der Waals surface area contributed by atoms with Crippen molar-refractivity contribution in [1.82, 2.24) is 10.2 Å². The summed E-state index contributed by atoms with van der Waals surface area (Å²) in [5.41, 5.74) is 4.17. The number of aryl methyl sites for hydroxylation is 1. The van der Waals surface area contributed by atoms with Crippen molar-refractivity contribution < 1.29 is 15.0 Å². The molecule has 0 bridgehead atoms. The molecule has 182 valence electrons. The van der Waals surface area contributed by atoms with E-state index in [-0.39, 0.29) is 26.7 Å². The molecule has 2 aromatic carbocycles. The highest BCUT2D eigenvalue weighted by molar-refractivity contribution is 6.09. The molecule has 1 aliphatic heterocycles. The van der Waals surface area contributed by atoms with Crippen LogP contribution >= 0.6 is 0 Å². The van der Waals surface area contributed by atoms with E-state index in [0.29, 0.717) is 41.3 Å². The Hall–Kier alpha value is -3.35. The van der Waals surface area contributed by atoms with Gasteiger partial charge in [-0.05, 0) is 43.5 Å². The second kappa shape index (κ2) is 11.2. The van der Waals surface area contributed by atoms with Gasteiger partial charge in [-0.2, -0.15) is 0 Å². The molecule has 0 unspecified atom stereocenters. The van der Waals surface area contributed by atoms with Crippen molar-refractivity contribution in [2.75, 3.05) is 23.3 Å². The first-order valence-corrected chi connectivity index (χ1v) is 11.8. The number of amides is 1. The van der Waals surface area contributed by atoms with Gasteiger partial charge in [-0.25, -0.2) is 8.78 Å². The molecule has 3 aromatic rings. The van der Waals surface area contributed by atoms with Crippen molar-refractivity contribution in [3.8, 4) is 11.3 Å². The number of nitrogens with one attached hydrogen (secondary N) is 1. The van der Waals surface area contributed by atoms with E-state index >= 15 is 0 Å². The molecular weight excluding hydrogens is 434 g/mol. The van der Waals surface area contributed by atoms with E-state index in [4.69, 9.17) is 0 Å². The summed E-state index contributed by atoms with van der Waals surface area (Å²) in [4.78, 5) is 15.2. The van der Waals surface area contributed by atoms with Crippen molar-refractivity contribution in [3.63, 3.8) is 0 Å². The van der Waals surface area contributed by atoms with Crippen LogP contribution in [0, 0.1) is 13.8 Å². The number of anilines is 2. The Bertz CT molecular complexity index is 1130. The van der Waals surface area contributed by atoms with Crippen LogP contribution in [-0.2, 0) is 0 Å². The first-order valence-electron chi connectivity index (χ1n) is 11.8. The molecule has 0 radical (unpaired) electrons. The number of hydrogen-bond donors (Lipinski definition) is 1. The monoisotopic (exact) mass is 468 g/mol.